The monoisotopic (exact) mass is 315 g/mol. The molecule has 2 saturated heterocycles. The third-order valence-electron chi connectivity index (χ3n) is 4.86. The van der Waals surface area contributed by atoms with Gasteiger partial charge in [-0.05, 0) is 50.4 Å². The van der Waals surface area contributed by atoms with Crippen LogP contribution in [-0.4, -0.2) is 35.3 Å². The molecule has 23 heavy (non-hydrogen) atoms. The highest BCUT2D eigenvalue weighted by molar-refractivity contribution is 5.98. The van der Waals surface area contributed by atoms with E-state index in [0.717, 1.165) is 12.2 Å². The largest absolute Gasteiger partial charge is 0.344 e. The predicted octanol–water partition coefficient (Wildman–Crippen LogP) is 2.28. The van der Waals surface area contributed by atoms with Crippen molar-refractivity contribution < 1.29 is 9.59 Å². The topological polar surface area (TPSA) is 61.4 Å². The third kappa shape index (κ3) is 4.10. The van der Waals surface area contributed by atoms with E-state index < -0.39 is 6.04 Å². The molecule has 0 radical (unpaired) electrons. The van der Waals surface area contributed by atoms with Gasteiger partial charge in [0.05, 0.1) is 0 Å². The number of nitrogens with one attached hydrogen (secondary N) is 2. The molecule has 0 saturated carbocycles. The minimum atomic E-state index is -0.392. The van der Waals surface area contributed by atoms with E-state index in [-0.39, 0.29) is 11.8 Å². The molecule has 2 amide bonds. The van der Waals surface area contributed by atoms with Crippen molar-refractivity contribution in [3.05, 3.63) is 29.8 Å². The summed E-state index contributed by atoms with van der Waals surface area (Å²) in [6.07, 6.45) is 4.91. The number of benzene rings is 1. The van der Waals surface area contributed by atoms with Crippen LogP contribution >= 0.6 is 0 Å². The maximum atomic E-state index is 12.1. The fourth-order valence-electron chi connectivity index (χ4n) is 3.36. The number of anilines is 1. The van der Waals surface area contributed by atoms with Crippen LogP contribution in [0.4, 0.5) is 5.69 Å². The first-order valence-corrected chi connectivity index (χ1v) is 8.55. The van der Waals surface area contributed by atoms with Gasteiger partial charge in [0.2, 0.25) is 11.8 Å². The van der Waals surface area contributed by atoms with E-state index in [1.54, 1.807) is 0 Å². The molecule has 2 aliphatic rings. The second-order valence-corrected chi connectivity index (χ2v) is 6.66. The summed E-state index contributed by atoms with van der Waals surface area (Å²) < 4.78 is 0. The summed E-state index contributed by atoms with van der Waals surface area (Å²) in [4.78, 5) is 25.8. The molecule has 2 unspecified atom stereocenters. The van der Waals surface area contributed by atoms with Crippen molar-refractivity contribution in [2.24, 2.45) is 0 Å². The minimum absolute atomic E-state index is 0.0452. The van der Waals surface area contributed by atoms with Crippen LogP contribution in [0.15, 0.2) is 24.3 Å². The van der Waals surface area contributed by atoms with Gasteiger partial charge in [0, 0.05) is 24.7 Å². The third-order valence-corrected chi connectivity index (χ3v) is 4.86. The first kappa shape index (κ1) is 16.0. The Bertz CT molecular complexity index is 570. The maximum absolute atomic E-state index is 12.1. The molecule has 3 rings (SSSR count). The lowest BCUT2D eigenvalue weighted by Gasteiger charge is -2.33. The Kier molecular flexibility index (Phi) is 4.96. The maximum Gasteiger partial charge on any atom is 0.246 e. The Balaban J connectivity index is 1.54. The van der Waals surface area contributed by atoms with E-state index >= 15 is 0 Å². The second-order valence-electron chi connectivity index (χ2n) is 6.66. The van der Waals surface area contributed by atoms with Crippen LogP contribution < -0.4 is 10.6 Å². The van der Waals surface area contributed by atoms with Crippen molar-refractivity contribution in [2.45, 2.75) is 57.7 Å². The summed E-state index contributed by atoms with van der Waals surface area (Å²) >= 11 is 0. The fourth-order valence-corrected chi connectivity index (χ4v) is 3.36. The number of rotatable bonds is 4. The minimum Gasteiger partial charge on any atom is -0.344 e. The van der Waals surface area contributed by atoms with Gasteiger partial charge in [-0.1, -0.05) is 18.6 Å². The van der Waals surface area contributed by atoms with Crippen LogP contribution in [0, 0.1) is 0 Å². The molecule has 5 heteroatoms. The van der Waals surface area contributed by atoms with Crippen molar-refractivity contribution >= 4 is 17.5 Å². The fraction of sp³-hybridized carbons (Fsp3) is 0.556. The number of carbonyl (C=O) groups excluding carboxylic acids is 2. The van der Waals surface area contributed by atoms with Gasteiger partial charge in [0.15, 0.2) is 0 Å². The molecule has 0 aliphatic carbocycles. The number of piperidine rings is 1. The molecule has 1 aromatic rings. The molecule has 124 valence electrons. The Hall–Kier alpha value is -1.88. The van der Waals surface area contributed by atoms with Gasteiger partial charge in [0.25, 0.3) is 0 Å². The van der Waals surface area contributed by atoms with Crippen LogP contribution in [-0.2, 0) is 16.1 Å². The number of hydrogen-bond donors (Lipinski definition) is 2. The summed E-state index contributed by atoms with van der Waals surface area (Å²) in [5.41, 5.74) is 2.05. The summed E-state index contributed by atoms with van der Waals surface area (Å²) in [7, 11) is 0. The van der Waals surface area contributed by atoms with E-state index in [1.807, 2.05) is 12.1 Å². The van der Waals surface area contributed by atoms with Crippen molar-refractivity contribution in [3.63, 3.8) is 0 Å². The Labute approximate surface area is 137 Å². The number of hydrogen-bond acceptors (Lipinski definition) is 3. The van der Waals surface area contributed by atoms with Gasteiger partial charge in [0.1, 0.15) is 6.04 Å². The molecule has 5 nitrogen and oxygen atoms in total. The Morgan fingerprint density at radius 3 is 2.70 bits per heavy atom. The van der Waals surface area contributed by atoms with E-state index in [1.165, 1.54) is 31.4 Å². The number of likely N-dealkylation sites (tertiary alicyclic amines) is 1. The molecule has 2 atom stereocenters. The molecule has 2 heterocycles. The van der Waals surface area contributed by atoms with Crippen molar-refractivity contribution in [2.75, 3.05) is 11.9 Å². The van der Waals surface area contributed by atoms with Crippen LogP contribution in [0.1, 0.15) is 44.6 Å². The molecule has 0 bridgehead atoms. The number of amides is 2. The van der Waals surface area contributed by atoms with Crippen molar-refractivity contribution in [1.82, 2.24) is 10.2 Å². The van der Waals surface area contributed by atoms with Gasteiger partial charge in [-0.15, -0.1) is 0 Å². The summed E-state index contributed by atoms with van der Waals surface area (Å²) in [5, 5.41) is 5.56. The van der Waals surface area contributed by atoms with Crippen molar-refractivity contribution in [3.8, 4) is 0 Å². The Morgan fingerprint density at radius 1 is 1.26 bits per heavy atom. The molecule has 0 spiro atoms. The van der Waals surface area contributed by atoms with Gasteiger partial charge < -0.3 is 10.6 Å². The zero-order valence-corrected chi connectivity index (χ0v) is 13.7. The summed E-state index contributed by atoms with van der Waals surface area (Å²) in [6, 6.07) is 8.29. The smallest absolute Gasteiger partial charge is 0.246 e. The average Bonchev–Trinajstić information content (AvgIpc) is 2.98. The lowest BCUT2D eigenvalue weighted by atomic mass is 10.0. The highest BCUT2D eigenvalue weighted by Crippen LogP contribution is 2.20. The highest BCUT2D eigenvalue weighted by atomic mass is 16.2. The van der Waals surface area contributed by atoms with Crippen LogP contribution in [0.5, 0.6) is 0 Å². The lowest BCUT2D eigenvalue weighted by Crippen LogP contribution is -2.37. The molecular weight excluding hydrogens is 290 g/mol. The zero-order valence-electron chi connectivity index (χ0n) is 13.7. The van der Waals surface area contributed by atoms with Gasteiger partial charge in [-0.25, -0.2) is 0 Å². The number of nitrogens with zero attached hydrogens (tertiary/aromatic N) is 1. The van der Waals surface area contributed by atoms with Gasteiger partial charge in [-0.3, -0.25) is 14.5 Å². The highest BCUT2D eigenvalue weighted by Gasteiger charge is 2.27. The van der Waals surface area contributed by atoms with Crippen molar-refractivity contribution in [1.29, 1.82) is 0 Å². The second kappa shape index (κ2) is 7.13. The van der Waals surface area contributed by atoms with Crippen LogP contribution in [0.3, 0.4) is 0 Å². The zero-order chi connectivity index (χ0) is 16.2. The van der Waals surface area contributed by atoms with E-state index in [2.05, 4.69) is 34.6 Å². The first-order valence-electron chi connectivity index (χ1n) is 8.55. The predicted molar refractivity (Wildman–Crippen MR) is 90.0 cm³/mol. The first-order chi connectivity index (χ1) is 11.1. The molecule has 2 N–H and O–H groups in total. The van der Waals surface area contributed by atoms with Crippen LogP contribution in [0.2, 0.25) is 0 Å². The SMILES string of the molecule is CC1CCCCN1Cc1ccc(NC(=O)C2CCC(=O)N2)cc1. The molecule has 2 aliphatic heterocycles. The molecular formula is C18H25N3O2. The standard InChI is InChI=1S/C18H25N3O2/c1-13-4-2-3-11-21(13)12-14-5-7-15(8-6-14)19-18(23)16-9-10-17(22)20-16/h5-8,13,16H,2-4,9-12H2,1H3,(H,19,23)(H,20,22). The van der Waals surface area contributed by atoms with Gasteiger partial charge >= 0.3 is 0 Å². The Morgan fingerprint density at radius 2 is 2.04 bits per heavy atom. The van der Waals surface area contributed by atoms with Crippen LogP contribution in [0.25, 0.3) is 0 Å². The summed E-state index contributed by atoms with van der Waals surface area (Å²) in [6.45, 7) is 4.43. The lowest BCUT2D eigenvalue weighted by molar-refractivity contribution is -0.122. The quantitative estimate of drug-likeness (QED) is 0.896. The number of carbonyl (C=O) groups is 2. The molecule has 2 fully saturated rings. The summed E-state index contributed by atoms with van der Waals surface area (Å²) in [5.74, 6) is -0.176. The van der Waals surface area contributed by atoms with Gasteiger partial charge in [-0.2, -0.15) is 0 Å². The molecule has 1 aromatic carbocycles. The van der Waals surface area contributed by atoms with E-state index in [9.17, 15) is 9.59 Å². The van der Waals surface area contributed by atoms with E-state index in [0.29, 0.717) is 18.9 Å². The van der Waals surface area contributed by atoms with E-state index in [4.69, 9.17) is 0 Å². The normalized spacial score (nSPS) is 25.2. The molecule has 0 aromatic heterocycles. The average molecular weight is 315 g/mol.